The van der Waals surface area contributed by atoms with Gasteiger partial charge in [0.2, 0.25) is 5.91 Å². The minimum Gasteiger partial charge on any atom is -0.332 e. The minimum atomic E-state index is -0.128. The summed E-state index contributed by atoms with van der Waals surface area (Å²) in [6.07, 6.45) is 7.50. The maximum Gasteiger partial charge on any atom is 0.319 e. The van der Waals surface area contributed by atoms with E-state index in [-0.39, 0.29) is 17.5 Å². The summed E-state index contributed by atoms with van der Waals surface area (Å²) in [7, 11) is 0. The zero-order chi connectivity index (χ0) is 16.7. The molecule has 4 aliphatic carbocycles. The molecule has 4 aliphatic rings. The zero-order valence-electron chi connectivity index (χ0n) is 14.1. The van der Waals surface area contributed by atoms with Crippen LogP contribution in [0.25, 0.3) is 0 Å². The lowest BCUT2D eigenvalue weighted by Crippen LogP contribution is -2.60. The Morgan fingerprint density at radius 2 is 1.50 bits per heavy atom. The number of anilines is 2. The number of nitrogens with one attached hydrogen (secondary N) is 3. The Morgan fingerprint density at radius 1 is 0.958 bits per heavy atom. The topological polar surface area (TPSA) is 70.2 Å². The second-order valence-electron chi connectivity index (χ2n) is 8.04. The van der Waals surface area contributed by atoms with Crippen LogP contribution in [0.15, 0.2) is 24.3 Å². The Balaban J connectivity index is 1.41. The lowest BCUT2D eigenvalue weighted by Gasteiger charge is -2.56. The van der Waals surface area contributed by atoms with Gasteiger partial charge in [-0.15, -0.1) is 0 Å². The lowest BCUT2D eigenvalue weighted by molar-refractivity contribution is -0.114. The Bertz CT molecular complexity index is 635. The van der Waals surface area contributed by atoms with E-state index in [2.05, 4.69) is 16.0 Å². The molecule has 0 aliphatic heterocycles. The van der Waals surface area contributed by atoms with Gasteiger partial charge in [-0.25, -0.2) is 4.79 Å². The third-order valence-electron chi connectivity index (χ3n) is 5.86. The van der Waals surface area contributed by atoms with E-state index >= 15 is 0 Å². The van der Waals surface area contributed by atoms with E-state index in [0.29, 0.717) is 11.4 Å². The van der Waals surface area contributed by atoms with Gasteiger partial charge < -0.3 is 16.0 Å². The number of benzene rings is 1. The number of urea groups is 1. The van der Waals surface area contributed by atoms with Gasteiger partial charge in [-0.2, -0.15) is 0 Å². The van der Waals surface area contributed by atoms with Crippen LogP contribution in [0.5, 0.6) is 0 Å². The molecule has 0 saturated heterocycles. The first-order valence-corrected chi connectivity index (χ1v) is 8.96. The van der Waals surface area contributed by atoms with E-state index < -0.39 is 0 Å². The van der Waals surface area contributed by atoms with Crippen molar-refractivity contribution in [1.29, 1.82) is 0 Å². The Labute approximate surface area is 142 Å². The number of carbonyl (C=O) groups excluding carboxylic acids is 2. The van der Waals surface area contributed by atoms with E-state index in [9.17, 15) is 9.59 Å². The summed E-state index contributed by atoms with van der Waals surface area (Å²) in [5, 5.41) is 8.96. The molecule has 5 nitrogen and oxygen atoms in total. The van der Waals surface area contributed by atoms with Crippen molar-refractivity contribution in [3.63, 3.8) is 0 Å². The molecule has 5 heteroatoms. The lowest BCUT2D eigenvalue weighted by atomic mass is 9.53. The second kappa shape index (κ2) is 5.80. The van der Waals surface area contributed by atoms with Crippen molar-refractivity contribution in [3.8, 4) is 0 Å². The van der Waals surface area contributed by atoms with E-state index in [0.717, 1.165) is 37.0 Å². The van der Waals surface area contributed by atoms with Crippen LogP contribution in [0, 0.1) is 17.8 Å². The highest BCUT2D eigenvalue weighted by atomic mass is 16.2. The summed E-state index contributed by atoms with van der Waals surface area (Å²) in [5.74, 6) is 2.30. The zero-order valence-corrected chi connectivity index (χ0v) is 14.1. The number of rotatable bonds is 3. The van der Waals surface area contributed by atoms with Crippen molar-refractivity contribution in [3.05, 3.63) is 24.3 Å². The fraction of sp³-hybridized carbons (Fsp3) is 0.579. The second-order valence-corrected chi connectivity index (χ2v) is 8.04. The summed E-state index contributed by atoms with van der Waals surface area (Å²) in [4.78, 5) is 23.7. The fourth-order valence-electron chi connectivity index (χ4n) is 5.54. The number of hydrogen-bond donors (Lipinski definition) is 3. The van der Waals surface area contributed by atoms with Crippen LogP contribution in [-0.2, 0) is 4.79 Å². The molecular formula is C19H25N3O2. The highest BCUT2D eigenvalue weighted by Gasteiger charge is 2.51. The van der Waals surface area contributed by atoms with Gasteiger partial charge >= 0.3 is 6.03 Å². The number of hydrogen-bond acceptors (Lipinski definition) is 2. The van der Waals surface area contributed by atoms with Gasteiger partial charge in [-0.3, -0.25) is 4.79 Å². The van der Waals surface area contributed by atoms with Gasteiger partial charge in [0.1, 0.15) is 0 Å². The van der Waals surface area contributed by atoms with Crippen LogP contribution < -0.4 is 16.0 Å². The molecule has 1 aromatic rings. The van der Waals surface area contributed by atoms with Crippen molar-refractivity contribution in [2.45, 2.75) is 51.0 Å². The van der Waals surface area contributed by atoms with Gasteiger partial charge in [0.25, 0.3) is 0 Å². The summed E-state index contributed by atoms with van der Waals surface area (Å²) < 4.78 is 0. The standard InChI is InChI=1S/C19H25N3O2/c1-12(23)20-16-3-2-4-17(8-16)21-18(24)22-19-9-13-5-14(10-19)7-15(6-13)11-19/h2-4,8,13-15H,5-7,9-11H2,1H3,(H,20,23)(H2,21,22,24). The minimum absolute atomic E-state index is 0.00801. The van der Waals surface area contributed by atoms with Gasteiger partial charge in [-0.05, 0) is 74.5 Å². The molecule has 0 spiro atoms. The van der Waals surface area contributed by atoms with Crippen LogP contribution in [0.3, 0.4) is 0 Å². The van der Waals surface area contributed by atoms with Gasteiger partial charge in [0.05, 0.1) is 0 Å². The average Bonchev–Trinajstić information content (AvgIpc) is 2.44. The first kappa shape index (κ1) is 15.5. The molecule has 3 N–H and O–H groups in total. The number of carbonyl (C=O) groups is 2. The van der Waals surface area contributed by atoms with Crippen LogP contribution in [-0.4, -0.2) is 17.5 Å². The predicted molar refractivity (Wildman–Crippen MR) is 93.8 cm³/mol. The van der Waals surface area contributed by atoms with Gasteiger partial charge in [0, 0.05) is 23.8 Å². The molecule has 4 saturated carbocycles. The van der Waals surface area contributed by atoms with Crippen LogP contribution in [0.4, 0.5) is 16.2 Å². The molecule has 0 aromatic heterocycles. The molecule has 0 heterocycles. The normalized spacial score (nSPS) is 33.1. The first-order valence-electron chi connectivity index (χ1n) is 8.96. The maximum atomic E-state index is 12.5. The molecule has 5 rings (SSSR count). The molecule has 0 radical (unpaired) electrons. The maximum absolute atomic E-state index is 12.5. The van der Waals surface area contributed by atoms with Crippen molar-refractivity contribution in [1.82, 2.24) is 5.32 Å². The largest absolute Gasteiger partial charge is 0.332 e. The van der Waals surface area contributed by atoms with Crippen molar-refractivity contribution in [2.24, 2.45) is 17.8 Å². The van der Waals surface area contributed by atoms with E-state index in [1.165, 1.54) is 26.2 Å². The Morgan fingerprint density at radius 3 is 2.04 bits per heavy atom. The van der Waals surface area contributed by atoms with E-state index in [1.54, 1.807) is 6.07 Å². The third kappa shape index (κ3) is 3.12. The third-order valence-corrected chi connectivity index (χ3v) is 5.86. The molecule has 24 heavy (non-hydrogen) atoms. The van der Waals surface area contributed by atoms with Crippen LogP contribution in [0.2, 0.25) is 0 Å². The summed E-state index contributed by atoms with van der Waals surface area (Å²) in [6, 6.07) is 7.12. The Hall–Kier alpha value is -2.04. The highest BCUT2D eigenvalue weighted by molar-refractivity contribution is 5.92. The highest BCUT2D eigenvalue weighted by Crippen LogP contribution is 2.55. The van der Waals surface area contributed by atoms with Crippen LogP contribution in [0.1, 0.15) is 45.4 Å². The van der Waals surface area contributed by atoms with Crippen molar-refractivity contribution >= 4 is 23.3 Å². The monoisotopic (exact) mass is 327 g/mol. The van der Waals surface area contributed by atoms with Crippen molar-refractivity contribution < 1.29 is 9.59 Å². The van der Waals surface area contributed by atoms with Gasteiger partial charge in [0.15, 0.2) is 0 Å². The predicted octanol–water partition coefficient (Wildman–Crippen LogP) is 3.74. The molecule has 4 fully saturated rings. The van der Waals surface area contributed by atoms with Crippen LogP contribution >= 0.6 is 0 Å². The molecule has 1 aromatic carbocycles. The molecular weight excluding hydrogens is 302 g/mol. The molecule has 0 atom stereocenters. The molecule has 0 unspecified atom stereocenters. The summed E-state index contributed by atoms with van der Waals surface area (Å²) >= 11 is 0. The summed E-state index contributed by atoms with van der Waals surface area (Å²) in [6.45, 7) is 1.47. The Kier molecular flexibility index (Phi) is 3.74. The molecule has 128 valence electrons. The average molecular weight is 327 g/mol. The van der Waals surface area contributed by atoms with E-state index in [1.807, 2.05) is 18.2 Å². The fourth-order valence-corrected chi connectivity index (χ4v) is 5.54. The molecule has 4 bridgehead atoms. The smallest absolute Gasteiger partial charge is 0.319 e. The molecule has 3 amide bonds. The van der Waals surface area contributed by atoms with E-state index in [4.69, 9.17) is 0 Å². The quantitative estimate of drug-likeness (QED) is 0.791. The first-order chi connectivity index (χ1) is 11.5. The SMILES string of the molecule is CC(=O)Nc1cccc(NC(=O)NC23CC4CC(CC(C4)C2)C3)c1. The van der Waals surface area contributed by atoms with Crippen molar-refractivity contribution in [2.75, 3.05) is 10.6 Å². The summed E-state index contributed by atoms with van der Waals surface area (Å²) in [5.41, 5.74) is 1.40. The number of amides is 3. The van der Waals surface area contributed by atoms with Gasteiger partial charge in [-0.1, -0.05) is 6.07 Å².